The highest BCUT2D eigenvalue weighted by Crippen LogP contribution is 2.36. The lowest BCUT2D eigenvalue weighted by Crippen LogP contribution is -2.44. The van der Waals surface area contributed by atoms with Gasteiger partial charge in [-0.3, -0.25) is 9.59 Å². The molecule has 0 radical (unpaired) electrons. The molecule has 0 fully saturated rings. The van der Waals surface area contributed by atoms with Crippen molar-refractivity contribution in [3.05, 3.63) is 18.2 Å². The van der Waals surface area contributed by atoms with Gasteiger partial charge in [-0.15, -0.1) is 0 Å². The van der Waals surface area contributed by atoms with Gasteiger partial charge in [0.25, 0.3) is 5.91 Å². The Hall–Kier alpha value is -2.04. The Morgan fingerprint density at radius 3 is 2.64 bits per heavy atom. The number of ether oxygens (including phenoxy) is 1. The van der Waals surface area contributed by atoms with E-state index in [2.05, 4.69) is 5.32 Å². The molecule has 1 heterocycles. The van der Waals surface area contributed by atoms with Crippen LogP contribution >= 0.6 is 0 Å². The lowest BCUT2D eigenvalue weighted by atomic mass is 9.95. The van der Waals surface area contributed by atoms with Crippen LogP contribution in [0, 0.1) is 5.41 Å². The first-order valence-electron chi connectivity index (χ1n) is 7.67. The van der Waals surface area contributed by atoms with Crippen LogP contribution in [0.2, 0.25) is 0 Å². The van der Waals surface area contributed by atoms with E-state index >= 15 is 0 Å². The van der Waals surface area contributed by atoms with Crippen LogP contribution in [0.5, 0.6) is 5.75 Å². The quantitative estimate of drug-likeness (QED) is 0.933. The van der Waals surface area contributed by atoms with Crippen LogP contribution in [-0.2, 0) is 9.59 Å². The number of nitrogens with one attached hydrogen (secondary N) is 1. The monoisotopic (exact) mass is 304 g/mol. The minimum Gasteiger partial charge on any atom is -0.479 e. The van der Waals surface area contributed by atoms with Crippen LogP contribution in [-0.4, -0.2) is 24.5 Å². The fourth-order valence-electron chi connectivity index (χ4n) is 2.26. The number of nitrogens with zero attached hydrogens (tertiary/aromatic N) is 1. The number of hydrogen-bond donors (Lipinski definition) is 1. The Morgan fingerprint density at radius 2 is 2.05 bits per heavy atom. The van der Waals surface area contributed by atoms with Gasteiger partial charge >= 0.3 is 0 Å². The maximum absolute atomic E-state index is 12.3. The number of carbonyl (C=O) groups is 2. The zero-order chi connectivity index (χ0) is 16.5. The largest absolute Gasteiger partial charge is 0.479 e. The van der Waals surface area contributed by atoms with Gasteiger partial charge in [0, 0.05) is 17.6 Å². The van der Waals surface area contributed by atoms with E-state index in [1.165, 1.54) is 0 Å². The molecule has 2 rings (SSSR count). The molecule has 5 heteroatoms. The summed E-state index contributed by atoms with van der Waals surface area (Å²) in [4.78, 5) is 26.1. The molecule has 0 spiro atoms. The Balaban J connectivity index is 2.33. The lowest BCUT2D eigenvalue weighted by Gasteiger charge is -2.33. The number of fused-ring (bicyclic) bond motifs is 1. The SMILES string of the molecule is CCCN1C(=O)C(C)Oc2ccc(NC(=O)C(C)(C)C)cc21. The molecule has 0 saturated heterocycles. The van der Waals surface area contributed by atoms with Crippen LogP contribution in [0.25, 0.3) is 0 Å². The van der Waals surface area contributed by atoms with E-state index in [0.717, 1.165) is 12.1 Å². The maximum atomic E-state index is 12.3. The fraction of sp³-hybridized carbons (Fsp3) is 0.529. The van der Waals surface area contributed by atoms with Gasteiger partial charge in [-0.1, -0.05) is 27.7 Å². The minimum absolute atomic E-state index is 0.0475. The molecule has 5 nitrogen and oxygen atoms in total. The summed E-state index contributed by atoms with van der Waals surface area (Å²) in [7, 11) is 0. The summed E-state index contributed by atoms with van der Waals surface area (Å²) in [6.07, 6.45) is 0.380. The van der Waals surface area contributed by atoms with E-state index in [-0.39, 0.29) is 11.8 Å². The number of anilines is 2. The molecule has 1 aromatic rings. The van der Waals surface area contributed by atoms with Crippen molar-refractivity contribution >= 4 is 23.2 Å². The topological polar surface area (TPSA) is 58.6 Å². The average Bonchev–Trinajstić information content (AvgIpc) is 2.43. The van der Waals surface area contributed by atoms with Gasteiger partial charge in [0.15, 0.2) is 6.10 Å². The summed E-state index contributed by atoms with van der Waals surface area (Å²) < 4.78 is 5.64. The predicted molar refractivity (Wildman–Crippen MR) is 87.3 cm³/mol. The van der Waals surface area contributed by atoms with E-state index < -0.39 is 11.5 Å². The lowest BCUT2D eigenvalue weighted by molar-refractivity contribution is -0.125. The standard InChI is InChI=1S/C17H24N2O3/c1-6-9-19-13-10-12(18-16(21)17(3,4)5)7-8-14(13)22-11(2)15(19)20/h7-8,10-11H,6,9H2,1-5H3,(H,18,21). The van der Waals surface area contributed by atoms with Crippen molar-refractivity contribution in [2.24, 2.45) is 5.41 Å². The van der Waals surface area contributed by atoms with Crippen LogP contribution < -0.4 is 15.0 Å². The van der Waals surface area contributed by atoms with Gasteiger partial charge < -0.3 is 15.0 Å². The zero-order valence-corrected chi connectivity index (χ0v) is 13.9. The Bertz CT molecular complexity index is 590. The highest BCUT2D eigenvalue weighted by molar-refractivity contribution is 6.01. The maximum Gasteiger partial charge on any atom is 0.267 e. The first kappa shape index (κ1) is 16.3. The highest BCUT2D eigenvalue weighted by Gasteiger charge is 2.31. The van der Waals surface area contributed by atoms with Crippen LogP contribution in [0.4, 0.5) is 11.4 Å². The van der Waals surface area contributed by atoms with E-state index in [0.29, 0.717) is 18.0 Å². The average molecular weight is 304 g/mol. The number of rotatable bonds is 3. The minimum atomic E-state index is -0.478. The smallest absolute Gasteiger partial charge is 0.267 e. The van der Waals surface area contributed by atoms with Gasteiger partial charge in [0.2, 0.25) is 5.91 Å². The van der Waals surface area contributed by atoms with Crippen molar-refractivity contribution in [3.63, 3.8) is 0 Å². The van der Waals surface area contributed by atoms with Crippen LogP contribution in [0.1, 0.15) is 41.0 Å². The molecule has 1 atom stereocenters. The molecule has 2 amide bonds. The molecule has 1 unspecified atom stereocenters. The van der Waals surface area contributed by atoms with Crippen LogP contribution in [0.3, 0.4) is 0 Å². The van der Waals surface area contributed by atoms with E-state index in [4.69, 9.17) is 4.74 Å². The van der Waals surface area contributed by atoms with Gasteiger partial charge in [-0.2, -0.15) is 0 Å². The normalized spacial score (nSPS) is 17.8. The molecule has 0 aliphatic carbocycles. The highest BCUT2D eigenvalue weighted by atomic mass is 16.5. The first-order chi connectivity index (χ1) is 10.2. The fourth-order valence-corrected chi connectivity index (χ4v) is 2.26. The van der Waals surface area contributed by atoms with Crippen LogP contribution in [0.15, 0.2) is 18.2 Å². The summed E-state index contributed by atoms with van der Waals surface area (Å²) in [5, 5.41) is 2.89. The van der Waals surface area contributed by atoms with Gasteiger partial charge in [-0.05, 0) is 31.5 Å². The molecule has 0 bridgehead atoms. The summed E-state index contributed by atoms with van der Waals surface area (Å²) in [5.74, 6) is 0.564. The molecule has 1 N–H and O–H groups in total. The molecule has 1 aromatic carbocycles. The number of benzene rings is 1. The molecule has 0 aromatic heterocycles. The van der Waals surface area contributed by atoms with Gasteiger partial charge in [0.05, 0.1) is 5.69 Å². The van der Waals surface area contributed by atoms with E-state index in [1.54, 1.807) is 30.0 Å². The molecule has 1 aliphatic heterocycles. The Labute approximate surface area is 131 Å². The third kappa shape index (κ3) is 3.24. The predicted octanol–water partition coefficient (Wildman–Crippen LogP) is 3.20. The summed E-state index contributed by atoms with van der Waals surface area (Å²) in [6.45, 7) is 9.99. The second-order valence-electron chi connectivity index (χ2n) is 6.64. The second-order valence-corrected chi connectivity index (χ2v) is 6.64. The number of carbonyl (C=O) groups excluding carboxylic acids is 2. The first-order valence-corrected chi connectivity index (χ1v) is 7.67. The third-order valence-corrected chi connectivity index (χ3v) is 3.55. The van der Waals surface area contributed by atoms with Gasteiger partial charge in [-0.25, -0.2) is 0 Å². The summed E-state index contributed by atoms with van der Waals surface area (Å²) in [5.41, 5.74) is 0.919. The Morgan fingerprint density at radius 1 is 1.36 bits per heavy atom. The zero-order valence-electron chi connectivity index (χ0n) is 13.9. The van der Waals surface area contributed by atoms with E-state index in [9.17, 15) is 9.59 Å². The van der Waals surface area contributed by atoms with Crippen molar-refractivity contribution < 1.29 is 14.3 Å². The summed E-state index contributed by atoms with van der Waals surface area (Å²) in [6, 6.07) is 5.41. The Kier molecular flexibility index (Phi) is 4.44. The second kappa shape index (κ2) is 5.99. The van der Waals surface area contributed by atoms with Crippen molar-refractivity contribution in [3.8, 4) is 5.75 Å². The molecule has 0 saturated carbocycles. The van der Waals surface area contributed by atoms with Gasteiger partial charge in [0.1, 0.15) is 5.75 Å². The molecule has 120 valence electrons. The van der Waals surface area contributed by atoms with Crippen molar-refractivity contribution in [1.29, 1.82) is 0 Å². The van der Waals surface area contributed by atoms with Crippen molar-refractivity contribution in [2.75, 3.05) is 16.8 Å². The third-order valence-electron chi connectivity index (χ3n) is 3.55. The molecular formula is C17H24N2O3. The summed E-state index contributed by atoms with van der Waals surface area (Å²) >= 11 is 0. The molecular weight excluding hydrogens is 280 g/mol. The van der Waals surface area contributed by atoms with E-state index in [1.807, 2.05) is 27.7 Å². The van der Waals surface area contributed by atoms with Crippen molar-refractivity contribution in [2.45, 2.75) is 47.1 Å². The number of amides is 2. The van der Waals surface area contributed by atoms with Crippen molar-refractivity contribution in [1.82, 2.24) is 0 Å². The molecule has 1 aliphatic rings. The number of hydrogen-bond acceptors (Lipinski definition) is 3. The molecule has 22 heavy (non-hydrogen) atoms.